The minimum absolute atomic E-state index is 0.00738. The van der Waals surface area contributed by atoms with Crippen LogP contribution >= 0.6 is 0 Å². The van der Waals surface area contributed by atoms with Crippen molar-refractivity contribution < 1.29 is 5.21 Å². The van der Waals surface area contributed by atoms with Gasteiger partial charge < -0.3 is 20.7 Å². The first-order valence-corrected chi connectivity index (χ1v) is 5.44. The lowest BCUT2D eigenvalue weighted by Crippen LogP contribution is -2.45. The Kier molecular flexibility index (Phi) is 3.38. The number of likely N-dealkylation sites (N-methyl/N-ethyl adjacent to an activating group) is 1. The smallest absolute Gasteiger partial charge is 0.192 e. The first-order chi connectivity index (χ1) is 8.22. The Bertz CT molecular complexity index is 413. The van der Waals surface area contributed by atoms with Gasteiger partial charge in [-0.3, -0.25) is 0 Å². The fourth-order valence-corrected chi connectivity index (χ4v) is 1.81. The predicted octanol–water partition coefficient (Wildman–Crippen LogP) is -0.677. The van der Waals surface area contributed by atoms with Crippen LogP contribution in [0.25, 0.3) is 0 Å². The van der Waals surface area contributed by atoms with E-state index < -0.39 is 0 Å². The third-order valence-corrected chi connectivity index (χ3v) is 2.83. The van der Waals surface area contributed by atoms with Crippen LogP contribution in [-0.4, -0.2) is 59.1 Å². The zero-order valence-electron chi connectivity index (χ0n) is 9.74. The van der Waals surface area contributed by atoms with Crippen molar-refractivity contribution in [1.29, 1.82) is 0 Å². The second kappa shape index (κ2) is 4.96. The highest BCUT2D eigenvalue weighted by molar-refractivity contribution is 5.99. The van der Waals surface area contributed by atoms with Gasteiger partial charge >= 0.3 is 0 Å². The third kappa shape index (κ3) is 2.44. The summed E-state index contributed by atoms with van der Waals surface area (Å²) in [6, 6.07) is 0. The van der Waals surface area contributed by atoms with Crippen LogP contribution in [0, 0.1) is 0 Å². The lowest BCUT2D eigenvalue weighted by Gasteiger charge is -2.33. The highest BCUT2D eigenvalue weighted by Crippen LogP contribution is 2.16. The number of oxime groups is 1. The summed E-state index contributed by atoms with van der Waals surface area (Å²) in [6.07, 6.45) is 3.15. The quantitative estimate of drug-likeness (QED) is 0.306. The van der Waals surface area contributed by atoms with Gasteiger partial charge in [-0.25, -0.2) is 9.97 Å². The molecule has 92 valence electrons. The Balaban J connectivity index is 2.26. The summed E-state index contributed by atoms with van der Waals surface area (Å²) in [5.41, 5.74) is 6.02. The minimum atomic E-state index is -0.00738. The van der Waals surface area contributed by atoms with E-state index in [0.717, 1.165) is 26.2 Å². The number of hydrogen-bond donors (Lipinski definition) is 2. The molecule has 7 heteroatoms. The third-order valence-electron chi connectivity index (χ3n) is 2.83. The Morgan fingerprint density at radius 2 is 1.94 bits per heavy atom. The highest BCUT2D eigenvalue weighted by atomic mass is 16.4. The molecule has 0 unspecified atom stereocenters. The maximum absolute atomic E-state index is 8.72. The van der Waals surface area contributed by atoms with Crippen molar-refractivity contribution in [2.24, 2.45) is 10.9 Å². The summed E-state index contributed by atoms with van der Waals surface area (Å²) in [6.45, 7) is 3.65. The molecule has 3 N–H and O–H groups in total. The SMILES string of the molecule is CN1CCN(c2nccnc2/C(N)=N\O)CC1. The van der Waals surface area contributed by atoms with E-state index in [-0.39, 0.29) is 5.84 Å². The van der Waals surface area contributed by atoms with E-state index in [4.69, 9.17) is 10.9 Å². The van der Waals surface area contributed by atoms with Crippen LogP contribution in [0.15, 0.2) is 17.5 Å². The molecule has 0 atom stereocenters. The number of rotatable bonds is 2. The molecule has 17 heavy (non-hydrogen) atoms. The predicted molar refractivity (Wildman–Crippen MR) is 64.3 cm³/mol. The minimum Gasteiger partial charge on any atom is -0.409 e. The molecular formula is C10H16N6O. The molecule has 1 fully saturated rings. The molecule has 1 aliphatic heterocycles. The van der Waals surface area contributed by atoms with Crippen molar-refractivity contribution in [2.45, 2.75) is 0 Å². The van der Waals surface area contributed by atoms with E-state index in [1.54, 1.807) is 6.20 Å². The summed E-state index contributed by atoms with van der Waals surface area (Å²) in [4.78, 5) is 12.7. The normalized spacial score (nSPS) is 18.4. The van der Waals surface area contributed by atoms with Crippen molar-refractivity contribution in [3.05, 3.63) is 18.1 Å². The average molecular weight is 236 g/mol. The van der Waals surface area contributed by atoms with E-state index in [1.165, 1.54) is 6.20 Å². The second-order valence-electron chi connectivity index (χ2n) is 4.00. The number of hydrogen-bond acceptors (Lipinski definition) is 6. The van der Waals surface area contributed by atoms with Crippen LogP contribution in [-0.2, 0) is 0 Å². The van der Waals surface area contributed by atoms with E-state index in [1.807, 2.05) is 0 Å². The van der Waals surface area contributed by atoms with Crippen molar-refractivity contribution in [3.63, 3.8) is 0 Å². The van der Waals surface area contributed by atoms with Crippen LogP contribution in [0.1, 0.15) is 5.69 Å². The first-order valence-electron chi connectivity index (χ1n) is 5.44. The molecule has 1 aromatic heterocycles. The van der Waals surface area contributed by atoms with Gasteiger partial charge in [-0.15, -0.1) is 0 Å². The Labute approximate surface area is 99.6 Å². The molecule has 0 amide bonds. The Morgan fingerprint density at radius 3 is 2.59 bits per heavy atom. The van der Waals surface area contributed by atoms with Crippen LogP contribution in [0.2, 0.25) is 0 Å². The zero-order chi connectivity index (χ0) is 12.3. The van der Waals surface area contributed by atoms with Crippen LogP contribution in [0.4, 0.5) is 5.82 Å². The standard InChI is InChI=1S/C10H16N6O/c1-15-4-6-16(7-5-15)10-8(9(11)14-17)12-2-3-13-10/h2-3,17H,4-7H2,1H3,(H2,11,14). The average Bonchev–Trinajstić information content (AvgIpc) is 2.39. The monoisotopic (exact) mass is 236 g/mol. The highest BCUT2D eigenvalue weighted by Gasteiger charge is 2.20. The molecule has 0 radical (unpaired) electrons. The van der Waals surface area contributed by atoms with Gasteiger partial charge in [0.15, 0.2) is 17.3 Å². The maximum Gasteiger partial charge on any atom is 0.192 e. The number of aromatic nitrogens is 2. The molecule has 7 nitrogen and oxygen atoms in total. The topological polar surface area (TPSA) is 90.9 Å². The van der Waals surface area contributed by atoms with E-state index >= 15 is 0 Å². The van der Waals surface area contributed by atoms with E-state index in [0.29, 0.717) is 11.5 Å². The lowest BCUT2D eigenvalue weighted by molar-refractivity contribution is 0.311. The molecule has 1 aliphatic rings. The lowest BCUT2D eigenvalue weighted by atomic mass is 10.3. The number of nitrogens with zero attached hydrogens (tertiary/aromatic N) is 5. The summed E-state index contributed by atoms with van der Waals surface area (Å²) in [5.74, 6) is 0.669. The van der Waals surface area contributed by atoms with Crippen molar-refractivity contribution in [1.82, 2.24) is 14.9 Å². The number of piperazine rings is 1. The molecule has 1 aromatic rings. The molecule has 0 spiro atoms. The summed E-state index contributed by atoms with van der Waals surface area (Å²) >= 11 is 0. The van der Waals surface area contributed by atoms with Gasteiger partial charge in [0.05, 0.1) is 0 Å². The summed E-state index contributed by atoms with van der Waals surface area (Å²) in [7, 11) is 2.08. The maximum atomic E-state index is 8.72. The van der Waals surface area contributed by atoms with E-state index in [2.05, 4.69) is 32.0 Å². The largest absolute Gasteiger partial charge is 0.409 e. The van der Waals surface area contributed by atoms with Gasteiger partial charge in [-0.05, 0) is 7.05 Å². The summed E-state index contributed by atoms with van der Waals surface area (Å²) < 4.78 is 0. The molecule has 0 saturated carbocycles. The van der Waals surface area contributed by atoms with Gasteiger partial charge in [-0.2, -0.15) is 0 Å². The van der Waals surface area contributed by atoms with Gasteiger partial charge in [0.25, 0.3) is 0 Å². The molecule has 0 bridgehead atoms. The first kappa shape index (κ1) is 11.6. The zero-order valence-corrected chi connectivity index (χ0v) is 9.74. The molecule has 2 heterocycles. The molecule has 2 rings (SSSR count). The Morgan fingerprint density at radius 1 is 1.29 bits per heavy atom. The van der Waals surface area contributed by atoms with Crippen molar-refractivity contribution in [3.8, 4) is 0 Å². The molecular weight excluding hydrogens is 220 g/mol. The summed E-state index contributed by atoms with van der Waals surface area (Å²) in [5, 5.41) is 11.7. The van der Waals surface area contributed by atoms with Gasteiger partial charge in [0, 0.05) is 38.6 Å². The fraction of sp³-hybridized carbons (Fsp3) is 0.500. The van der Waals surface area contributed by atoms with Gasteiger partial charge in [0.2, 0.25) is 0 Å². The number of amidine groups is 1. The molecule has 1 saturated heterocycles. The molecule has 0 aliphatic carbocycles. The van der Waals surface area contributed by atoms with Gasteiger partial charge in [-0.1, -0.05) is 5.16 Å². The van der Waals surface area contributed by atoms with Crippen LogP contribution in [0.3, 0.4) is 0 Å². The Hall–Kier alpha value is -1.89. The second-order valence-corrected chi connectivity index (χ2v) is 4.00. The number of nitrogens with two attached hydrogens (primary N) is 1. The van der Waals surface area contributed by atoms with Gasteiger partial charge in [0.1, 0.15) is 0 Å². The molecule has 0 aromatic carbocycles. The fourth-order valence-electron chi connectivity index (χ4n) is 1.81. The van der Waals surface area contributed by atoms with Crippen molar-refractivity contribution in [2.75, 3.05) is 38.1 Å². The van der Waals surface area contributed by atoms with Crippen LogP contribution < -0.4 is 10.6 Å². The van der Waals surface area contributed by atoms with Crippen molar-refractivity contribution >= 4 is 11.7 Å². The van der Waals surface area contributed by atoms with Crippen LogP contribution in [0.5, 0.6) is 0 Å². The van der Waals surface area contributed by atoms with E-state index in [9.17, 15) is 0 Å². The number of anilines is 1.